The quantitative estimate of drug-likeness (QED) is 0.473. The zero-order chi connectivity index (χ0) is 11.1. The Bertz CT molecular complexity index is 62.0. The number of hydrogen-bond acceptors (Lipinski definition) is 0. The Morgan fingerprint density at radius 3 is 0.867 bits per heavy atom. The monoisotopic (exact) mass is 338 g/mol. The summed E-state index contributed by atoms with van der Waals surface area (Å²) in [5.74, 6) is 0. The molecule has 2 nitrogen and oxygen atoms in total. The number of hydrogen-bond donors (Lipinski definition) is 0. The Balaban J connectivity index is -0.000000180. The van der Waals surface area contributed by atoms with Crippen molar-refractivity contribution in [3.63, 3.8) is 0 Å². The molecule has 0 aliphatic heterocycles. The molecule has 0 rings (SSSR count). The second kappa shape index (κ2) is 24.6. The summed E-state index contributed by atoms with van der Waals surface area (Å²) in [5, 5.41) is 8.42. The van der Waals surface area contributed by atoms with Gasteiger partial charge in [0.05, 0.1) is 0 Å². The molecule has 0 aliphatic carbocycles. The first-order chi connectivity index (χ1) is 6.83. The van der Waals surface area contributed by atoms with Gasteiger partial charge in [0.25, 0.3) is 0 Å². The molecule has 0 aromatic heterocycles. The fourth-order valence-electron chi connectivity index (χ4n) is 0.856. The van der Waals surface area contributed by atoms with Crippen LogP contribution in [0.5, 0.6) is 0 Å². The standard InChI is InChI=1S/2C6H14N.Ba/c2*1-3-5-7-6-4-2;/h2*3-6H2,1-2H3;/q2*-1;+2. The van der Waals surface area contributed by atoms with Gasteiger partial charge in [-0.15, -0.1) is 26.2 Å². The molecule has 0 aliphatic rings. The van der Waals surface area contributed by atoms with Gasteiger partial charge in [-0.2, -0.15) is 0 Å². The van der Waals surface area contributed by atoms with E-state index in [-0.39, 0.29) is 48.9 Å². The Morgan fingerprint density at radius 2 is 0.733 bits per heavy atom. The van der Waals surface area contributed by atoms with Crippen LogP contribution < -0.4 is 0 Å². The SMILES string of the molecule is CCC[N-]CCC.CCC[N-]CCC.[Ba+2]. The van der Waals surface area contributed by atoms with Gasteiger partial charge in [-0.1, -0.05) is 53.4 Å². The van der Waals surface area contributed by atoms with Gasteiger partial charge in [-0.25, -0.2) is 0 Å². The average Bonchev–Trinajstić information content (AvgIpc) is 2.21. The number of nitrogens with zero attached hydrogens (tertiary/aromatic N) is 2. The van der Waals surface area contributed by atoms with E-state index in [0.29, 0.717) is 0 Å². The predicted molar refractivity (Wildman–Crippen MR) is 73.1 cm³/mol. The molecular weight excluding hydrogens is 309 g/mol. The first-order valence-electron chi connectivity index (χ1n) is 6.09. The summed E-state index contributed by atoms with van der Waals surface area (Å²) in [7, 11) is 0. The Morgan fingerprint density at radius 1 is 0.533 bits per heavy atom. The van der Waals surface area contributed by atoms with Crippen LogP contribution in [0.2, 0.25) is 0 Å². The first kappa shape index (κ1) is 21.7. The van der Waals surface area contributed by atoms with Crippen LogP contribution in [0.1, 0.15) is 53.4 Å². The maximum atomic E-state index is 4.21. The van der Waals surface area contributed by atoms with Gasteiger partial charge in [0.1, 0.15) is 0 Å². The van der Waals surface area contributed by atoms with Crippen molar-refractivity contribution < 1.29 is 0 Å². The minimum atomic E-state index is 0. The van der Waals surface area contributed by atoms with Crippen molar-refractivity contribution in [2.24, 2.45) is 0 Å². The zero-order valence-electron chi connectivity index (χ0n) is 11.3. The van der Waals surface area contributed by atoms with Crippen molar-refractivity contribution in [2.45, 2.75) is 53.4 Å². The topological polar surface area (TPSA) is 28.2 Å². The van der Waals surface area contributed by atoms with E-state index < -0.39 is 0 Å². The molecule has 3 heteroatoms. The van der Waals surface area contributed by atoms with Gasteiger partial charge in [0.15, 0.2) is 0 Å². The Kier molecular flexibility index (Phi) is 35.7. The Labute approximate surface area is 137 Å². The van der Waals surface area contributed by atoms with Crippen LogP contribution in [-0.2, 0) is 0 Å². The third-order valence-electron chi connectivity index (χ3n) is 1.53. The second-order valence-corrected chi connectivity index (χ2v) is 3.34. The molecule has 0 radical (unpaired) electrons. The van der Waals surface area contributed by atoms with E-state index in [1.165, 1.54) is 25.7 Å². The summed E-state index contributed by atoms with van der Waals surface area (Å²) in [4.78, 5) is 0. The summed E-state index contributed by atoms with van der Waals surface area (Å²) in [6.45, 7) is 12.8. The predicted octanol–water partition coefficient (Wildman–Crippen LogP) is 3.98. The minimum absolute atomic E-state index is 0. The van der Waals surface area contributed by atoms with Crippen LogP contribution in [0.3, 0.4) is 0 Å². The summed E-state index contributed by atoms with van der Waals surface area (Å²) < 4.78 is 0. The number of rotatable bonds is 8. The molecule has 0 atom stereocenters. The molecule has 0 N–H and O–H groups in total. The Hall–Kier alpha value is 1.49. The van der Waals surface area contributed by atoms with E-state index in [9.17, 15) is 0 Å². The summed E-state index contributed by atoms with van der Waals surface area (Å²) in [6, 6.07) is 0. The van der Waals surface area contributed by atoms with Crippen LogP contribution in [0.15, 0.2) is 0 Å². The van der Waals surface area contributed by atoms with E-state index in [2.05, 4.69) is 38.3 Å². The van der Waals surface area contributed by atoms with Crippen molar-refractivity contribution in [1.29, 1.82) is 0 Å². The summed E-state index contributed by atoms with van der Waals surface area (Å²) in [6.07, 6.45) is 4.78. The summed E-state index contributed by atoms with van der Waals surface area (Å²) in [5.41, 5.74) is 0. The largest absolute Gasteiger partial charge is 2.00 e. The molecular formula is C12H28BaN2. The third-order valence-corrected chi connectivity index (χ3v) is 1.53. The average molecular weight is 338 g/mol. The van der Waals surface area contributed by atoms with Crippen molar-refractivity contribution in [3.05, 3.63) is 10.6 Å². The van der Waals surface area contributed by atoms with Crippen molar-refractivity contribution >= 4 is 48.9 Å². The molecule has 0 aromatic rings. The first-order valence-corrected chi connectivity index (χ1v) is 6.09. The second-order valence-electron chi connectivity index (χ2n) is 3.34. The molecule has 0 saturated heterocycles. The van der Waals surface area contributed by atoms with E-state index in [1.807, 2.05) is 0 Å². The molecule has 0 amide bonds. The molecule has 0 heterocycles. The molecule has 0 unspecified atom stereocenters. The van der Waals surface area contributed by atoms with Crippen LogP contribution in [-0.4, -0.2) is 75.1 Å². The smallest absolute Gasteiger partial charge is 0.662 e. The zero-order valence-corrected chi connectivity index (χ0v) is 15.7. The van der Waals surface area contributed by atoms with Crippen LogP contribution in [0.25, 0.3) is 10.6 Å². The van der Waals surface area contributed by atoms with E-state index in [1.54, 1.807) is 0 Å². The molecule has 0 saturated carbocycles. The molecule has 88 valence electrons. The van der Waals surface area contributed by atoms with Gasteiger partial charge < -0.3 is 10.6 Å². The molecule has 0 bridgehead atoms. The fourth-order valence-corrected chi connectivity index (χ4v) is 0.856. The van der Waals surface area contributed by atoms with E-state index >= 15 is 0 Å². The maximum absolute atomic E-state index is 4.21. The van der Waals surface area contributed by atoms with Crippen molar-refractivity contribution in [2.75, 3.05) is 26.2 Å². The van der Waals surface area contributed by atoms with E-state index in [0.717, 1.165) is 26.2 Å². The molecule has 15 heavy (non-hydrogen) atoms. The summed E-state index contributed by atoms with van der Waals surface area (Å²) >= 11 is 0. The van der Waals surface area contributed by atoms with Crippen LogP contribution in [0.4, 0.5) is 0 Å². The maximum Gasteiger partial charge on any atom is 2.00 e. The van der Waals surface area contributed by atoms with Crippen molar-refractivity contribution in [1.82, 2.24) is 0 Å². The van der Waals surface area contributed by atoms with Gasteiger partial charge in [-0.3, -0.25) is 0 Å². The van der Waals surface area contributed by atoms with Gasteiger partial charge in [-0.05, 0) is 0 Å². The minimum Gasteiger partial charge on any atom is -0.662 e. The van der Waals surface area contributed by atoms with Gasteiger partial charge >= 0.3 is 48.9 Å². The third kappa shape index (κ3) is 31.3. The fraction of sp³-hybridized carbons (Fsp3) is 1.00. The normalized spacial score (nSPS) is 8.80. The van der Waals surface area contributed by atoms with E-state index in [4.69, 9.17) is 0 Å². The van der Waals surface area contributed by atoms with Crippen molar-refractivity contribution in [3.8, 4) is 0 Å². The molecule has 0 aromatic carbocycles. The molecule has 0 spiro atoms. The van der Waals surface area contributed by atoms with Crippen LogP contribution >= 0.6 is 0 Å². The van der Waals surface area contributed by atoms with Crippen LogP contribution in [0, 0.1) is 0 Å². The van der Waals surface area contributed by atoms with Gasteiger partial charge in [0, 0.05) is 0 Å². The molecule has 0 fully saturated rings. The van der Waals surface area contributed by atoms with Gasteiger partial charge in [0.2, 0.25) is 0 Å².